The molecule has 3 aliphatic rings. The fourth-order valence-electron chi connectivity index (χ4n) is 6.11. The standard InChI is InChI=1S/C27H33ClN2O5S/c1-5-13-29(18-10-8-7-9-17(18)28)25(33)23-27-12-11-20(36-27)21(26(34)35-14-6-2)22(27)24(32)30(23)19(15-31)16(3)4/h5-10,16,19-23,31H,1-2,11-15H2,3-4H3/t19-,20-,21+,22-,23?,27?/m0/s1. The molecule has 1 N–H and O–H groups in total. The average molecular weight is 533 g/mol. The number of anilines is 1. The Balaban J connectivity index is 1.83. The Morgan fingerprint density at radius 3 is 2.67 bits per heavy atom. The highest BCUT2D eigenvalue weighted by atomic mass is 35.5. The highest BCUT2D eigenvalue weighted by molar-refractivity contribution is 8.02. The summed E-state index contributed by atoms with van der Waals surface area (Å²) in [7, 11) is 0. The van der Waals surface area contributed by atoms with Crippen LogP contribution in [-0.4, -0.2) is 69.6 Å². The zero-order valence-electron chi connectivity index (χ0n) is 20.6. The molecule has 1 spiro atoms. The van der Waals surface area contributed by atoms with Crippen LogP contribution in [-0.2, 0) is 19.1 Å². The second-order valence-corrected chi connectivity index (χ2v) is 11.9. The Morgan fingerprint density at radius 2 is 2.06 bits per heavy atom. The number of hydrogen-bond donors (Lipinski definition) is 1. The van der Waals surface area contributed by atoms with E-state index in [1.54, 1.807) is 51.9 Å². The average Bonchev–Trinajstić information content (AvgIpc) is 3.49. The molecule has 3 aliphatic heterocycles. The fourth-order valence-corrected chi connectivity index (χ4v) is 8.53. The van der Waals surface area contributed by atoms with Gasteiger partial charge in [0.1, 0.15) is 12.6 Å². The van der Waals surface area contributed by atoms with Gasteiger partial charge in [-0.25, -0.2) is 0 Å². The van der Waals surface area contributed by atoms with E-state index in [1.807, 2.05) is 13.8 Å². The van der Waals surface area contributed by atoms with Crippen molar-refractivity contribution in [2.24, 2.45) is 17.8 Å². The summed E-state index contributed by atoms with van der Waals surface area (Å²) in [4.78, 5) is 44.8. The number of aliphatic hydroxyl groups is 1. The van der Waals surface area contributed by atoms with E-state index >= 15 is 0 Å². The van der Waals surface area contributed by atoms with Gasteiger partial charge < -0.3 is 19.6 Å². The highest BCUT2D eigenvalue weighted by Crippen LogP contribution is 2.67. The summed E-state index contributed by atoms with van der Waals surface area (Å²) in [5, 5.41) is 10.6. The summed E-state index contributed by atoms with van der Waals surface area (Å²) in [6, 6.07) is 5.63. The predicted octanol–water partition coefficient (Wildman–Crippen LogP) is 3.70. The predicted molar refractivity (Wildman–Crippen MR) is 142 cm³/mol. The minimum Gasteiger partial charge on any atom is -0.461 e. The summed E-state index contributed by atoms with van der Waals surface area (Å²) in [5.74, 6) is -2.43. The first-order valence-corrected chi connectivity index (χ1v) is 13.5. The lowest BCUT2D eigenvalue weighted by Crippen LogP contribution is -2.58. The number of carbonyl (C=O) groups is 3. The summed E-state index contributed by atoms with van der Waals surface area (Å²) >= 11 is 8.05. The molecule has 3 saturated heterocycles. The number of hydrogen-bond acceptors (Lipinski definition) is 6. The van der Waals surface area contributed by atoms with Crippen molar-refractivity contribution in [1.82, 2.24) is 4.90 Å². The maximum Gasteiger partial charge on any atom is 0.311 e. The second-order valence-electron chi connectivity index (χ2n) is 9.90. The number of carbonyl (C=O) groups excluding carboxylic acids is 3. The minimum atomic E-state index is -0.863. The van der Waals surface area contributed by atoms with Gasteiger partial charge in [-0.15, -0.1) is 18.3 Å². The van der Waals surface area contributed by atoms with E-state index < -0.39 is 34.6 Å². The van der Waals surface area contributed by atoms with Crippen LogP contribution in [0.5, 0.6) is 0 Å². The quantitative estimate of drug-likeness (QED) is 0.365. The van der Waals surface area contributed by atoms with E-state index in [0.717, 1.165) is 0 Å². The second kappa shape index (κ2) is 10.6. The van der Waals surface area contributed by atoms with Crippen LogP contribution in [0.1, 0.15) is 26.7 Å². The molecule has 0 saturated carbocycles. The van der Waals surface area contributed by atoms with E-state index in [1.165, 1.54) is 6.08 Å². The molecule has 0 aliphatic carbocycles. The molecule has 4 rings (SSSR count). The molecule has 1 aromatic rings. The smallest absolute Gasteiger partial charge is 0.311 e. The molecule has 6 atom stereocenters. The molecule has 36 heavy (non-hydrogen) atoms. The van der Waals surface area contributed by atoms with E-state index in [0.29, 0.717) is 23.6 Å². The van der Waals surface area contributed by atoms with E-state index in [9.17, 15) is 19.5 Å². The molecule has 2 amide bonds. The summed E-state index contributed by atoms with van der Waals surface area (Å²) in [6.07, 6.45) is 4.45. The van der Waals surface area contributed by atoms with Gasteiger partial charge in [-0.05, 0) is 30.9 Å². The number of halogens is 1. The SMILES string of the molecule is C=CCOC(=O)[C@@H]1[C@@H]2CCC3(S2)C(C(=O)N(CC=C)c2ccccc2Cl)N([C@@H](CO)C(C)C)C(=O)[C@H]13. The third-order valence-corrected chi connectivity index (χ3v) is 9.89. The van der Waals surface area contributed by atoms with Crippen LogP contribution in [0.25, 0.3) is 0 Å². The number of para-hydroxylation sites is 1. The first-order valence-electron chi connectivity index (χ1n) is 12.3. The van der Waals surface area contributed by atoms with Gasteiger partial charge in [0.2, 0.25) is 5.91 Å². The van der Waals surface area contributed by atoms with Crippen molar-refractivity contribution < 1.29 is 24.2 Å². The molecular weight excluding hydrogens is 500 g/mol. The van der Waals surface area contributed by atoms with Crippen molar-refractivity contribution in [3.63, 3.8) is 0 Å². The zero-order chi connectivity index (χ0) is 26.2. The lowest BCUT2D eigenvalue weighted by atomic mass is 9.71. The molecule has 3 heterocycles. The number of fused-ring (bicyclic) bond motifs is 1. The molecule has 2 bridgehead atoms. The van der Waals surface area contributed by atoms with E-state index in [-0.39, 0.29) is 42.7 Å². The molecule has 2 unspecified atom stereocenters. The number of nitrogens with zero attached hydrogens (tertiary/aromatic N) is 2. The van der Waals surface area contributed by atoms with Crippen molar-refractivity contribution >= 4 is 46.8 Å². The van der Waals surface area contributed by atoms with Crippen LogP contribution in [0.3, 0.4) is 0 Å². The largest absolute Gasteiger partial charge is 0.461 e. The lowest BCUT2D eigenvalue weighted by Gasteiger charge is -2.40. The molecule has 9 heteroatoms. The fraction of sp³-hybridized carbons (Fsp3) is 0.519. The van der Waals surface area contributed by atoms with E-state index in [4.69, 9.17) is 16.3 Å². The molecule has 3 fully saturated rings. The Bertz CT molecular complexity index is 1060. The van der Waals surface area contributed by atoms with Crippen LogP contribution < -0.4 is 4.90 Å². The van der Waals surface area contributed by atoms with Crippen molar-refractivity contribution in [2.75, 3.05) is 24.7 Å². The molecule has 7 nitrogen and oxygen atoms in total. The van der Waals surface area contributed by atoms with Gasteiger partial charge in [-0.1, -0.05) is 56.3 Å². The van der Waals surface area contributed by atoms with Crippen molar-refractivity contribution in [3.8, 4) is 0 Å². The van der Waals surface area contributed by atoms with Gasteiger partial charge in [-0.3, -0.25) is 14.4 Å². The maximum atomic E-state index is 14.5. The molecular formula is C27H33ClN2O5S. The number of thioether (sulfide) groups is 1. The molecule has 194 valence electrons. The van der Waals surface area contributed by atoms with Crippen molar-refractivity contribution in [1.29, 1.82) is 0 Å². The minimum absolute atomic E-state index is 0.0670. The monoisotopic (exact) mass is 532 g/mol. The van der Waals surface area contributed by atoms with E-state index in [2.05, 4.69) is 13.2 Å². The van der Waals surface area contributed by atoms with Gasteiger partial charge in [0.15, 0.2) is 0 Å². The molecule has 0 aromatic heterocycles. The normalized spacial score (nSPS) is 29.2. The third kappa shape index (κ3) is 4.17. The zero-order valence-corrected chi connectivity index (χ0v) is 22.2. The Hall–Kier alpha value is -2.29. The Kier molecular flexibility index (Phi) is 7.88. The van der Waals surface area contributed by atoms with Crippen molar-refractivity contribution in [3.05, 3.63) is 54.6 Å². The van der Waals surface area contributed by atoms with Crippen LogP contribution in [0, 0.1) is 17.8 Å². The van der Waals surface area contributed by atoms with Crippen LogP contribution >= 0.6 is 23.4 Å². The number of amides is 2. The van der Waals surface area contributed by atoms with Crippen LogP contribution in [0.2, 0.25) is 5.02 Å². The Morgan fingerprint density at radius 1 is 1.33 bits per heavy atom. The van der Waals surface area contributed by atoms with Gasteiger partial charge >= 0.3 is 5.97 Å². The number of likely N-dealkylation sites (tertiary alicyclic amines) is 1. The first-order chi connectivity index (χ1) is 17.2. The molecule has 0 radical (unpaired) electrons. The Labute approximate surface area is 221 Å². The first kappa shape index (κ1) is 26.8. The summed E-state index contributed by atoms with van der Waals surface area (Å²) in [5.41, 5.74) is 0.529. The van der Waals surface area contributed by atoms with Gasteiger partial charge in [0.05, 0.1) is 39.9 Å². The van der Waals surface area contributed by atoms with Crippen LogP contribution in [0.4, 0.5) is 5.69 Å². The number of rotatable bonds is 10. The van der Waals surface area contributed by atoms with Gasteiger partial charge in [0, 0.05) is 11.8 Å². The maximum absolute atomic E-state index is 14.5. The third-order valence-electron chi connectivity index (χ3n) is 7.62. The number of ether oxygens (including phenoxy) is 1. The number of esters is 1. The summed E-state index contributed by atoms with van der Waals surface area (Å²) < 4.78 is 4.61. The molecule has 1 aromatic carbocycles. The number of benzene rings is 1. The summed E-state index contributed by atoms with van der Waals surface area (Å²) in [6.45, 7) is 11.2. The van der Waals surface area contributed by atoms with Gasteiger partial charge in [-0.2, -0.15) is 0 Å². The topological polar surface area (TPSA) is 87.2 Å². The highest BCUT2D eigenvalue weighted by Gasteiger charge is 2.75. The van der Waals surface area contributed by atoms with Crippen LogP contribution in [0.15, 0.2) is 49.6 Å². The lowest BCUT2D eigenvalue weighted by molar-refractivity contribution is -0.153. The van der Waals surface area contributed by atoms with Crippen molar-refractivity contribution in [2.45, 2.75) is 48.8 Å². The van der Waals surface area contributed by atoms with Gasteiger partial charge in [0.25, 0.3) is 5.91 Å². The number of aliphatic hydroxyl groups excluding tert-OH is 1.